The van der Waals surface area contributed by atoms with Crippen LogP contribution in [0.15, 0.2) is 42.5 Å². The van der Waals surface area contributed by atoms with Crippen LogP contribution in [-0.2, 0) is 12.8 Å². The molecule has 0 aliphatic heterocycles. The van der Waals surface area contributed by atoms with Crippen molar-refractivity contribution < 1.29 is 0 Å². The van der Waals surface area contributed by atoms with Crippen LogP contribution < -0.4 is 0 Å². The summed E-state index contributed by atoms with van der Waals surface area (Å²) in [6.07, 6.45) is 3.57. The molecule has 1 unspecified atom stereocenters. The number of hydrogen-bond acceptors (Lipinski definition) is 1. The van der Waals surface area contributed by atoms with E-state index in [1.54, 1.807) is 0 Å². The molecule has 0 bridgehead atoms. The molecule has 1 aromatic heterocycles. The Morgan fingerprint density at radius 3 is 2.42 bits per heavy atom. The van der Waals surface area contributed by atoms with E-state index in [9.17, 15) is 0 Å². The quantitative estimate of drug-likeness (QED) is 0.718. The maximum Gasteiger partial charge on any atom is 0.0441 e. The molecule has 1 heteroatoms. The van der Waals surface area contributed by atoms with Crippen LogP contribution >= 0.6 is 0 Å². The van der Waals surface area contributed by atoms with Crippen LogP contribution in [0.3, 0.4) is 0 Å². The van der Waals surface area contributed by atoms with E-state index in [-0.39, 0.29) is 0 Å². The van der Waals surface area contributed by atoms with Gasteiger partial charge in [-0.25, -0.2) is 0 Å². The number of nitrogens with zero attached hydrogens (tertiary/aromatic N) is 1. The van der Waals surface area contributed by atoms with E-state index in [2.05, 4.69) is 54.4 Å². The van der Waals surface area contributed by atoms with Crippen LogP contribution in [0.1, 0.15) is 48.7 Å². The molecule has 0 spiro atoms. The summed E-state index contributed by atoms with van der Waals surface area (Å²) in [4.78, 5) is 4.67. The average Bonchev–Trinajstić information content (AvgIpc) is 2.49. The summed E-state index contributed by atoms with van der Waals surface area (Å²) in [7, 11) is 0. The van der Waals surface area contributed by atoms with Gasteiger partial charge in [0, 0.05) is 17.3 Å². The Morgan fingerprint density at radius 2 is 1.68 bits per heavy atom. The van der Waals surface area contributed by atoms with Gasteiger partial charge in [0.25, 0.3) is 0 Å². The van der Waals surface area contributed by atoms with Gasteiger partial charge < -0.3 is 0 Å². The second-order valence-corrected chi connectivity index (χ2v) is 4.91. The Bertz CT molecular complexity index is 531. The molecule has 0 fully saturated rings. The van der Waals surface area contributed by atoms with Crippen LogP contribution in [-0.4, -0.2) is 4.98 Å². The Balaban J connectivity index is 0.000000637. The number of aromatic nitrogens is 1. The second kappa shape index (κ2) is 6.51. The summed E-state index contributed by atoms with van der Waals surface area (Å²) < 4.78 is 0. The topological polar surface area (TPSA) is 12.9 Å². The summed E-state index contributed by atoms with van der Waals surface area (Å²) in [5, 5.41) is 0. The van der Waals surface area contributed by atoms with Gasteiger partial charge in [-0.3, -0.25) is 4.98 Å². The highest BCUT2D eigenvalue weighted by atomic mass is 14.7. The summed E-state index contributed by atoms with van der Waals surface area (Å²) in [5.74, 6) is 0.602. The van der Waals surface area contributed by atoms with Crippen molar-refractivity contribution in [2.24, 2.45) is 0 Å². The lowest BCUT2D eigenvalue weighted by Crippen LogP contribution is -2.13. The fraction of sp³-hybridized carbons (Fsp3) is 0.389. The third kappa shape index (κ3) is 3.23. The Kier molecular flexibility index (Phi) is 4.73. The molecular formula is C18H23N. The number of rotatable bonds is 1. The van der Waals surface area contributed by atoms with E-state index in [1.165, 1.54) is 29.7 Å². The molecule has 1 aliphatic carbocycles. The summed E-state index contributed by atoms with van der Waals surface area (Å²) >= 11 is 0. The van der Waals surface area contributed by atoms with Crippen LogP contribution in [0.2, 0.25) is 0 Å². The van der Waals surface area contributed by atoms with E-state index >= 15 is 0 Å². The second-order valence-electron chi connectivity index (χ2n) is 4.91. The lowest BCUT2D eigenvalue weighted by atomic mass is 9.82. The number of pyridine rings is 1. The van der Waals surface area contributed by atoms with E-state index < -0.39 is 0 Å². The van der Waals surface area contributed by atoms with Gasteiger partial charge >= 0.3 is 0 Å². The van der Waals surface area contributed by atoms with Gasteiger partial charge in [0.1, 0.15) is 0 Å². The molecular weight excluding hydrogens is 230 g/mol. The van der Waals surface area contributed by atoms with Crippen molar-refractivity contribution in [2.45, 2.75) is 46.0 Å². The molecule has 0 N–H and O–H groups in total. The minimum Gasteiger partial charge on any atom is -0.258 e. The standard InChI is InChI=1S/C16H17N.C2H6/c1-12-5-4-8-16(17-12)15-10-9-13-6-2-3-7-14(13)11-15;1-2/h2-8,15H,9-11H2,1H3;1-2H3. The van der Waals surface area contributed by atoms with Crippen molar-refractivity contribution in [2.75, 3.05) is 0 Å². The lowest BCUT2D eigenvalue weighted by Gasteiger charge is -2.24. The molecule has 0 amide bonds. The molecule has 1 nitrogen and oxygen atoms in total. The van der Waals surface area contributed by atoms with E-state index in [4.69, 9.17) is 0 Å². The summed E-state index contributed by atoms with van der Waals surface area (Å²) in [5.41, 5.74) is 5.42. The molecule has 1 aromatic carbocycles. The third-order valence-electron chi connectivity index (χ3n) is 3.67. The van der Waals surface area contributed by atoms with Gasteiger partial charge in [0.15, 0.2) is 0 Å². The highest BCUT2D eigenvalue weighted by molar-refractivity contribution is 5.32. The van der Waals surface area contributed by atoms with E-state index in [0.29, 0.717) is 5.92 Å². The van der Waals surface area contributed by atoms with Crippen molar-refractivity contribution in [3.63, 3.8) is 0 Å². The SMILES string of the molecule is CC.Cc1cccc(C2CCc3ccccc3C2)n1. The number of fused-ring (bicyclic) bond motifs is 1. The van der Waals surface area contributed by atoms with Crippen LogP contribution in [0.25, 0.3) is 0 Å². The third-order valence-corrected chi connectivity index (χ3v) is 3.67. The van der Waals surface area contributed by atoms with E-state index in [0.717, 1.165) is 12.1 Å². The summed E-state index contributed by atoms with van der Waals surface area (Å²) in [6.45, 7) is 6.07. The van der Waals surface area contributed by atoms with Crippen LogP contribution in [0.5, 0.6) is 0 Å². The summed E-state index contributed by atoms with van der Waals surface area (Å²) in [6, 6.07) is 15.2. The number of benzene rings is 1. The first-order chi connectivity index (χ1) is 9.33. The Labute approximate surface area is 116 Å². The molecule has 1 aliphatic rings. The zero-order chi connectivity index (χ0) is 13.7. The zero-order valence-corrected chi connectivity index (χ0v) is 12.2. The molecule has 2 aromatic rings. The Hall–Kier alpha value is -1.63. The molecule has 1 atom stereocenters. The first kappa shape index (κ1) is 13.8. The van der Waals surface area contributed by atoms with Crippen molar-refractivity contribution >= 4 is 0 Å². The Morgan fingerprint density at radius 1 is 0.947 bits per heavy atom. The minimum atomic E-state index is 0.602. The zero-order valence-electron chi connectivity index (χ0n) is 12.2. The first-order valence-corrected chi connectivity index (χ1v) is 7.33. The molecule has 1 heterocycles. The molecule has 3 rings (SSSR count). The van der Waals surface area contributed by atoms with Crippen molar-refractivity contribution in [3.05, 3.63) is 65.0 Å². The normalized spacial score (nSPS) is 17.1. The van der Waals surface area contributed by atoms with Crippen LogP contribution in [0, 0.1) is 6.92 Å². The fourth-order valence-electron chi connectivity index (χ4n) is 2.74. The van der Waals surface area contributed by atoms with Gasteiger partial charge in [-0.15, -0.1) is 0 Å². The van der Waals surface area contributed by atoms with Gasteiger partial charge in [0.05, 0.1) is 0 Å². The number of hydrogen-bond donors (Lipinski definition) is 0. The largest absolute Gasteiger partial charge is 0.258 e. The van der Waals surface area contributed by atoms with Crippen molar-refractivity contribution in [3.8, 4) is 0 Å². The molecule has 0 saturated heterocycles. The molecule has 19 heavy (non-hydrogen) atoms. The average molecular weight is 253 g/mol. The molecule has 100 valence electrons. The molecule has 0 radical (unpaired) electrons. The first-order valence-electron chi connectivity index (χ1n) is 7.33. The van der Waals surface area contributed by atoms with Gasteiger partial charge in [-0.2, -0.15) is 0 Å². The van der Waals surface area contributed by atoms with Crippen LogP contribution in [0.4, 0.5) is 0 Å². The lowest BCUT2D eigenvalue weighted by molar-refractivity contribution is 0.570. The predicted octanol–water partition coefficient (Wildman–Crippen LogP) is 4.69. The van der Waals surface area contributed by atoms with Gasteiger partial charge in [0.2, 0.25) is 0 Å². The van der Waals surface area contributed by atoms with Crippen molar-refractivity contribution in [1.29, 1.82) is 0 Å². The minimum absolute atomic E-state index is 0.602. The number of aryl methyl sites for hydroxylation is 2. The maximum atomic E-state index is 4.67. The monoisotopic (exact) mass is 253 g/mol. The highest BCUT2D eigenvalue weighted by Gasteiger charge is 2.20. The van der Waals surface area contributed by atoms with E-state index in [1.807, 2.05) is 13.8 Å². The fourth-order valence-corrected chi connectivity index (χ4v) is 2.74. The maximum absolute atomic E-state index is 4.67. The smallest absolute Gasteiger partial charge is 0.0441 e. The van der Waals surface area contributed by atoms with Crippen molar-refractivity contribution in [1.82, 2.24) is 4.98 Å². The predicted molar refractivity (Wildman–Crippen MR) is 81.5 cm³/mol. The van der Waals surface area contributed by atoms with Gasteiger partial charge in [-0.1, -0.05) is 44.2 Å². The highest BCUT2D eigenvalue weighted by Crippen LogP contribution is 2.31. The molecule has 0 saturated carbocycles. The van der Waals surface area contributed by atoms with Gasteiger partial charge in [-0.05, 0) is 49.4 Å².